The number of amides is 2. The van der Waals surface area contributed by atoms with E-state index >= 15 is 0 Å². The van der Waals surface area contributed by atoms with Gasteiger partial charge in [-0.15, -0.1) is 0 Å². The Kier molecular flexibility index (Phi) is 5.16. The number of hydrogen-bond acceptors (Lipinski definition) is 4. The number of carbonyl (C=O) groups is 2. The van der Waals surface area contributed by atoms with E-state index in [9.17, 15) is 9.59 Å². The summed E-state index contributed by atoms with van der Waals surface area (Å²) >= 11 is 0. The topological polar surface area (TPSA) is 76.7 Å². The summed E-state index contributed by atoms with van der Waals surface area (Å²) in [6.45, 7) is 2.52. The number of nitrogens with one attached hydrogen (secondary N) is 2. The van der Waals surface area contributed by atoms with Gasteiger partial charge in [-0.25, -0.2) is 0 Å². The van der Waals surface area contributed by atoms with E-state index in [2.05, 4.69) is 10.6 Å². The number of rotatable bonds is 5. The van der Waals surface area contributed by atoms with Crippen LogP contribution in [-0.4, -0.2) is 18.4 Å². The van der Waals surface area contributed by atoms with Crippen LogP contribution in [0.4, 0.5) is 11.4 Å². The highest BCUT2D eigenvalue weighted by atomic mass is 16.5. The van der Waals surface area contributed by atoms with E-state index in [4.69, 9.17) is 9.47 Å². The molecule has 4 rings (SSSR count). The first-order valence-corrected chi connectivity index (χ1v) is 9.36. The van der Waals surface area contributed by atoms with Gasteiger partial charge in [0.15, 0.2) is 5.75 Å². The van der Waals surface area contributed by atoms with Crippen molar-refractivity contribution in [3.8, 4) is 17.2 Å². The molecule has 0 aromatic heterocycles. The molecule has 2 amide bonds. The summed E-state index contributed by atoms with van der Waals surface area (Å²) in [7, 11) is 0. The number of carbonyl (C=O) groups excluding carboxylic acids is 2. The molecule has 3 aromatic rings. The fourth-order valence-electron chi connectivity index (χ4n) is 3.10. The second kappa shape index (κ2) is 8.06. The van der Waals surface area contributed by atoms with Crippen molar-refractivity contribution in [2.75, 3.05) is 17.2 Å². The Balaban J connectivity index is 1.47. The Bertz CT molecular complexity index is 1060. The Morgan fingerprint density at radius 3 is 2.62 bits per heavy atom. The van der Waals surface area contributed by atoms with Gasteiger partial charge in [0, 0.05) is 5.69 Å². The van der Waals surface area contributed by atoms with Gasteiger partial charge in [0.2, 0.25) is 5.91 Å². The third-order valence-corrected chi connectivity index (χ3v) is 4.46. The average molecular weight is 388 g/mol. The molecule has 1 aliphatic rings. The molecular weight excluding hydrogens is 368 g/mol. The largest absolute Gasteiger partial charge is 0.494 e. The highest BCUT2D eigenvalue weighted by molar-refractivity contribution is 6.09. The SMILES string of the molecule is CCOc1ccc(CC(=O)Nc2ccc3c(c2)C(=O)Nc2ccccc2O3)cc1. The van der Waals surface area contributed by atoms with E-state index in [1.807, 2.05) is 43.3 Å². The summed E-state index contributed by atoms with van der Waals surface area (Å²) < 4.78 is 11.3. The smallest absolute Gasteiger partial charge is 0.259 e. The van der Waals surface area contributed by atoms with Crippen molar-refractivity contribution in [3.05, 3.63) is 77.9 Å². The predicted octanol–water partition coefficient (Wildman–Crippen LogP) is 4.62. The summed E-state index contributed by atoms with van der Waals surface area (Å²) in [6.07, 6.45) is 0.220. The molecule has 0 atom stereocenters. The van der Waals surface area contributed by atoms with Crippen molar-refractivity contribution >= 4 is 23.2 Å². The van der Waals surface area contributed by atoms with Crippen molar-refractivity contribution in [2.24, 2.45) is 0 Å². The molecule has 0 bridgehead atoms. The maximum Gasteiger partial charge on any atom is 0.259 e. The van der Waals surface area contributed by atoms with Crippen LogP contribution in [0.3, 0.4) is 0 Å². The molecule has 0 saturated heterocycles. The predicted molar refractivity (Wildman–Crippen MR) is 111 cm³/mol. The number of para-hydroxylation sites is 2. The van der Waals surface area contributed by atoms with Gasteiger partial charge in [-0.3, -0.25) is 9.59 Å². The van der Waals surface area contributed by atoms with Crippen molar-refractivity contribution in [1.29, 1.82) is 0 Å². The maximum absolute atomic E-state index is 12.6. The zero-order valence-electron chi connectivity index (χ0n) is 15.9. The van der Waals surface area contributed by atoms with Gasteiger partial charge in [-0.2, -0.15) is 0 Å². The fraction of sp³-hybridized carbons (Fsp3) is 0.130. The summed E-state index contributed by atoms with van der Waals surface area (Å²) in [5.74, 6) is 1.33. The molecule has 0 fully saturated rings. The average Bonchev–Trinajstić information content (AvgIpc) is 2.85. The quantitative estimate of drug-likeness (QED) is 0.668. The van der Waals surface area contributed by atoms with Crippen molar-refractivity contribution < 1.29 is 19.1 Å². The monoisotopic (exact) mass is 388 g/mol. The second-order valence-corrected chi connectivity index (χ2v) is 6.57. The van der Waals surface area contributed by atoms with Gasteiger partial charge in [0.05, 0.1) is 24.3 Å². The van der Waals surface area contributed by atoms with Crippen LogP contribution in [0.5, 0.6) is 17.2 Å². The molecule has 0 aliphatic carbocycles. The molecule has 6 nitrogen and oxygen atoms in total. The number of benzene rings is 3. The summed E-state index contributed by atoms with van der Waals surface area (Å²) in [4.78, 5) is 25.0. The number of anilines is 2. The third-order valence-electron chi connectivity index (χ3n) is 4.46. The lowest BCUT2D eigenvalue weighted by Gasteiger charge is -2.10. The Labute approximate surface area is 168 Å². The van der Waals surface area contributed by atoms with E-state index in [0.29, 0.717) is 35.0 Å². The molecule has 146 valence electrons. The lowest BCUT2D eigenvalue weighted by molar-refractivity contribution is -0.115. The van der Waals surface area contributed by atoms with Gasteiger partial charge >= 0.3 is 0 Å². The highest BCUT2D eigenvalue weighted by Gasteiger charge is 2.21. The van der Waals surface area contributed by atoms with Crippen LogP contribution in [-0.2, 0) is 11.2 Å². The first kappa shape index (κ1) is 18.6. The standard InChI is InChI=1S/C23H20N2O4/c1-2-28-17-10-7-15(8-11-17)13-22(26)24-16-9-12-20-18(14-16)23(27)25-19-5-3-4-6-21(19)29-20/h3-12,14H,2,13H2,1H3,(H,24,26)(H,25,27). The van der Waals surface area contributed by atoms with Crippen LogP contribution in [0.15, 0.2) is 66.7 Å². The molecule has 0 unspecified atom stereocenters. The normalized spacial score (nSPS) is 12.0. The lowest BCUT2D eigenvalue weighted by atomic mass is 10.1. The Morgan fingerprint density at radius 1 is 1.03 bits per heavy atom. The van der Waals surface area contributed by atoms with Crippen LogP contribution in [0, 0.1) is 0 Å². The Morgan fingerprint density at radius 2 is 1.83 bits per heavy atom. The van der Waals surface area contributed by atoms with Crippen LogP contribution in [0.25, 0.3) is 0 Å². The van der Waals surface area contributed by atoms with Crippen molar-refractivity contribution in [2.45, 2.75) is 13.3 Å². The summed E-state index contributed by atoms with van der Waals surface area (Å²) in [5, 5.41) is 5.66. The van der Waals surface area contributed by atoms with E-state index in [1.165, 1.54) is 0 Å². The number of ether oxygens (including phenoxy) is 2. The Hall–Kier alpha value is -3.80. The first-order valence-electron chi connectivity index (χ1n) is 9.36. The molecule has 2 N–H and O–H groups in total. The number of hydrogen-bond donors (Lipinski definition) is 2. The van der Waals surface area contributed by atoms with Crippen LogP contribution < -0.4 is 20.1 Å². The number of fused-ring (bicyclic) bond motifs is 2. The molecule has 1 heterocycles. The molecule has 6 heteroatoms. The van der Waals surface area contributed by atoms with Crippen LogP contribution in [0.1, 0.15) is 22.8 Å². The minimum absolute atomic E-state index is 0.174. The van der Waals surface area contributed by atoms with E-state index in [1.54, 1.807) is 30.3 Å². The maximum atomic E-state index is 12.6. The lowest BCUT2D eigenvalue weighted by Crippen LogP contribution is -2.15. The van der Waals surface area contributed by atoms with E-state index < -0.39 is 0 Å². The van der Waals surface area contributed by atoms with Crippen LogP contribution in [0.2, 0.25) is 0 Å². The molecular formula is C23H20N2O4. The molecule has 0 spiro atoms. The van der Waals surface area contributed by atoms with Gasteiger partial charge in [-0.1, -0.05) is 24.3 Å². The highest BCUT2D eigenvalue weighted by Crippen LogP contribution is 2.36. The van der Waals surface area contributed by atoms with Crippen molar-refractivity contribution in [3.63, 3.8) is 0 Å². The van der Waals surface area contributed by atoms with Gasteiger partial charge in [0.25, 0.3) is 5.91 Å². The summed E-state index contributed by atoms with van der Waals surface area (Å²) in [6, 6.07) is 19.7. The van der Waals surface area contributed by atoms with E-state index in [-0.39, 0.29) is 18.2 Å². The fourth-order valence-corrected chi connectivity index (χ4v) is 3.10. The van der Waals surface area contributed by atoms with Gasteiger partial charge < -0.3 is 20.1 Å². The van der Waals surface area contributed by atoms with Crippen molar-refractivity contribution in [1.82, 2.24) is 0 Å². The minimum Gasteiger partial charge on any atom is -0.494 e. The van der Waals surface area contributed by atoms with E-state index in [0.717, 1.165) is 11.3 Å². The molecule has 29 heavy (non-hydrogen) atoms. The second-order valence-electron chi connectivity index (χ2n) is 6.57. The molecule has 3 aromatic carbocycles. The first-order chi connectivity index (χ1) is 14.1. The van der Waals surface area contributed by atoms with Crippen LogP contribution >= 0.6 is 0 Å². The summed E-state index contributed by atoms with van der Waals surface area (Å²) in [5.41, 5.74) is 2.37. The minimum atomic E-state index is -0.285. The van der Waals surface area contributed by atoms with Gasteiger partial charge in [-0.05, 0) is 55.0 Å². The third kappa shape index (κ3) is 4.21. The van der Waals surface area contributed by atoms with Gasteiger partial charge in [0.1, 0.15) is 11.5 Å². The molecule has 0 radical (unpaired) electrons. The molecule has 1 aliphatic heterocycles. The zero-order chi connectivity index (χ0) is 20.2. The molecule has 0 saturated carbocycles. The zero-order valence-corrected chi connectivity index (χ0v) is 15.9.